The molecule has 2 atom stereocenters. The molecule has 1 fully saturated rings. The average molecular weight is 557 g/mol. The fourth-order valence-electron chi connectivity index (χ4n) is 5.06. The molecule has 9 heteroatoms. The predicted octanol–water partition coefficient (Wildman–Crippen LogP) is 4.64. The molecule has 1 amide bonds. The Morgan fingerprint density at radius 2 is 1.50 bits per heavy atom. The van der Waals surface area contributed by atoms with Gasteiger partial charge in [-0.05, 0) is 38.8 Å². The molecule has 1 heterocycles. The number of ether oxygens (including phenoxy) is 5. The van der Waals surface area contributed by atoms with Crippen LogP contribution in [0.25, 0.3) is 0 Å². The second-order valence-corrected chi connectivity index (χ2v) is 11.1. The molecule has 0 saturated carbocycles. The van der Waals surface area contributed by atoms with E-state index in [1.807, 2.05) is 64.1 Å². The zero-order valence-corrected chi connectivity index (χ0v) is 24.6. The molecule has 40 heavy (non-hydrogen) atoms. The molecule has 9 nitrogen and oxygen atoms in total. The molecule has 2 aromatic rings. The van der Waals surface area contributed by atoms with Gasteiger partial charge in [0.1, 0.15) is 5.72 Å². The maximum Gasteiger partial charge on any atom is 0.413 e. The van der Waals surface area contributed by atoms with E-state index in [-0.39, 0.29) is 12.5 Å². The first-order valence-electron chi connectivity index (χ1n) is 13.7. The molecular weight excluding hydrogens is 512 g/mol. The number of methoxy groups -OCH3 is 2. The van der Waals surface area contributed by atoms with Crippen molar-refractivity contribution in [2.24, 2.45) is 0 Å². The Morgan fingerprint density at radius 1 is 0.925 bits per heavy atom. The van der Waals surface area contributed by atoms with E-state index in [1.165, 1.54) is 7.11 Å². The molecule has 2 aromatic carbocycles. The summed E-state index contributed by atoms with van der Waals surface area (Å²) >= 11 is 0. The highest BCUT2D eigenvalue weighted by Crippen LogP contribution is 2.35. The molecule has 1 aliphatic rings. The van der Waals surface area contributed by atoms with E-state index in [0.29, 0.717) is 39.5 Å². The Morgan fingerprint density at radius 3 is 1.98 bits per heavy atom. The molecule has 0 bridgehead atoms. The fraction of sp³-hybridized carbons (Fsp3) is 0.548. The number of carbonyl (C=O) groups excluding carboxylic acids is 2. The van der Waals surface area contributed by atoms with Crippen molar-refractivity contribution in [3.05, 3.63) is 71.8 Å². The molecule has 220 valence electrons. The molecule has 1 aliphatic heterocycles. The third-order valence-electron chi connectivity index (χ3n) is 7.01. The number of rotatable bonds is 14. The van der Waals surface area contributed by atoms with Crippen LogP contribution in [-0.4, -0.2) is 85.9 Å². The van der Waals surface area contributed by atoms with Crippen LogP contribution in [0, 0.1) is 0 Å². The van der Waals surface area contributed by atoms with Crippen molar-refractivity contribution in [1.82, 2.24) is 9.80 Å². The van der Waals surface area contributed by atoms with E-state index in [9.17, 15) is 9.59 Å². The second kappa shape index (κ2) is 14.6. The first-order valence-corrected chi connectivity index (χ1v) is 13.7. The number of hydrogen-bond acceptors (Lipinski definition) is 8. The predicted molar refractivity (Wildman–Crippen MR) is 151 cm³/mol. The van der Waals surface area contributed by atoms with Crippen LogP contribution in [0.3, 0.4) is 0 Å². The van der Waals surface area contributed by atoms with Gasteiger partial charge in [0.15, 0.2) is 0 Å². The number of amides is 1. The largest absolute Gasteiger partial charge is 0.466 e. The van der Waals surface area contributed by atoms with Crippen LogP contribution in [0.4, 0.5) is 4.79 Å². The minimum absolute atomic E-state index is 0.181. The van der Waals surface area contributed by atoms with Crippen LogP contribution in [-0.2, 0) is 41.6 Å². The van der Waals surface area contributed by atoms with E-state index in [2.05, 4.69) is 29.2 Å². The van der Waals surface area contributed by atoms with E-state index >= 15 is 0 Å². The molecular formula is C31H44N2O7. The molecule has 0 radical (unpaired) electrons. The van der Waals surface area contributed by atoms with Gasteiger partial charge in [-0.1, -0.05) is 60.7 Å². The third kappa shape index (κ3) is 8.76. The van der Waals surface area contributed by atoms with Gasteiger partial charge in [0.2, 0.25) is 6.10 Å². The zero-order valence-electron chi connectivity index (χ0n) is 24.6. The van der Waals surface area contributed by atoms with Gasteiger partial charge in [0.05, 0.1) is 39.1 Å². The van der Waals surface area contributed by atoms with Gasteiger partial charge in [-0.2, -0.15) is 0 Å². The number of nitrogens with zero attached hydrogens (tertiary/aromatic N) is 2. The molecule has 1 saturated heterocycles. The van der Waals surface area contributed by atoms with Gasteiger partial charge in [-0.25, -0.2) is 9.59 Å². The molecule has 0 N–H and O–H groups in total. The van der Waals surface area contributed by atoms with Crippen molar-refractivity contribution in [2.75, 3.05) is 40.6 Å². The van der Waals surface area contributed by atoms with Crippen LogP contribution in [0.5, 0.6) is 0 Å². The SMILES string of the molecule is COCCOC[C@H](C[C@H](OC(=O)N1C(C)(C)COC1(C)C)C(=O)OC)N(Cc1ccccc1)Cc1ccccc1. The molecule has 0 spiro atoms. The summed E-state index contributed by atoms with van der Waals surface area (Å²) in [5.74, 6) is -0.620. The molecule has 3 rings (SSSR count). The maximum absolute atomic E-state index is 13.5. The minimum atomic E-state index is -1.14. The van der Waals surface area contributed by atoms with Crippen molar-refractivity contribution in [1.29, 1.82) is 0 Å². The Balaban J connectivity index is 1.89. The highest BCUT2D eigenvalue weighted by atomic mass is 16.6. The third-order valence-corrected chi connectivity index (χ3v) is 7.01. The van der Waals surface area contributed by atoms with Crippen LogP contribution in [0.15, 0.2) is 60.7 Å². The molecule has 0 unspecified atom stereocenters. The van der Waals surface area contributed by atoms with Crippen molar-refractivity contribution >= 4 is 12.1 Å². The van der Waals surface area contributed by atoms with Crippen LogP contribution in [0.2, 0.25) is 0 Å². The summed E-state index contributed by atoms with van der Waals surface area (Å²) in [6.45, 7) is 10.1. The zero-order chi connectivity index (χ0) is 29.2. The summed E-state index contributed by atoms with van der Waals surface area (Å²) in [7, 11) is 2.92. The van der Waals surface area contributed by atoms with Crippen molar-refractivity contribution < 1.29 is 33.3 Å². The van der Waals surface area contributed by atoms with Crippen LogP contribution >= 0.6 is 0 Å². The summed E-state index contributed by atoms with van der Waals surface area (Å²) in [5, 5.41) is 0. The van der Waals surface area contributed by atoms with Gasteiger partial charge in [-0.15, -0.1) is 0 Å². The maximum atomic E-state index is 13.5. The summed E-state index contributed by atoms with van der Waals surface area (Å²) in [6.07, 6.45) is -1.59. The second-order valence-electron chi connectivity index (χ2n) is 11.1. The van der Waals surface area contributed by atoms with E-state index in [1.54, 1.807) is 12.0 Å². The number of esters is 1. The monoisotopic (exact) mass is 556 g/mol. The first kappa shape index (κ1) is 31.5. The summed E-state index contributed by atoms with van der Waals surface area (Å²) in [4.78, 5) is 30.3. The van der Waals surface area contributed by atoms with Gasteiger partial charge in [-0.3, -0.25) is 9.80 Å². The van der Waals surface area contributed by atoms with Crippen LogP contribution < -0.4 is 0 Å². The smallest absolute Gasteiger partial charge is 0.413 e. The lowest BCUT2D eigenvalue weighted by Gasteiger charge is -2.38. The van der Waals surface area contributed by atoms with Crippen LogP contribution in [0.1, 0.15) is 45.2 Å². The lowest BCUT2D eigenvalue weighted by atomic mass is 10.0. The average Bonchev–Trinajstić information content (AvgIpc) is 3.16. The van der Waals surface area contributed by atoms with E-state index < -0.39 is 29.4 Å². The Hall–Kier alpha value is -2.98. The Labute approximate surface area is 238 Å². The highest BCUT2D eigenvalue weighted by Gasteiger charge is 2.50. The fourth-order valence-corrected chi connectivity index (χ4v) is 5.06. The number of hydrogen-bond donors (Lipinski definition) is 0. The quantitative estimate of drug-likeness (QED) is 0.246. The highest BCUT2D eigenvalue weighted by molar-refractivity contribution is 5.79. The lowest BCUT2D eigenvalue weighted by Crippen LogP contribution is -2.54. The first-order chi connectivity index (χ1) is 19.1. The topological polar surface area (TPSA) is 86.8 Å². The lowest BCUT2D eigenvalue weighted by molar-refractivity contribution is -0.154. The molecule has 0 aromatic heterocycles. The van der Waals surface area contributed by atoms with Gasteiger partial charge in [0, 0.05) is 32.7 Å². The van der Waals surface area contributed by atoms with E-state index in [0.717, 1.165) is 11.1 Å². The minimum Gasteiger partial charge on any atom is -0.466 e. The Bertz CT molecular complexity index is 1000. The van der Waals surface area contributed by atoms with Crippen molar-refractivity contribution in [3.8, 4) is 0 Å². The summed E-state index contributed by atoms with van der Waals surface area (Å²) in [5.41, 5.74) is 0.752. The van der Waals surface area contributed by atoms with Crippen molar-refractivity contribution in [3.63, 3.8) is 0 Å². The van der Waals surface area contributed by atoms with Gasteiger partial charge >= 0.3 is 12.1 Å². The van der Waals surface area contributed by atoms with Crippen molar-refractivity contribution in [2.45, 2.75) is 70.6 Å². The van der Waals surface area contributed by atoms with E-state index in [4.69, 9.17) is 23.7 Å². The molecule has 0 aliphatic carbocycles. The normalized spacial score (nSPS) is 17.4. The number of carbonyl (C=O) groups is 2. The summed E-state index contributed by atoms with van der Waals surface area (Å²) < 4.78 is 28.0. The summed E-state index contributed by atoms with van der Waals surface area (Å²) in [6, 6.07) is 19.9. The standard InChI is InChI=1S/C31H44N2O7/c1-30(2)23-39-31(3,4)33(30)29(35)40-27(28(34)37-6)19-26(22-38-18-17-36-5)32(20-24-13-9-7-10-14-24)21-25-15-11-8-12-16-25/h7-16,26-27H,17-23H2,1-6H3/t26-,27-/m0/s1. The van der Waals surface area contributed by atoms with Gasteiger partial charge < -0.3 is 23.7 Å². The number of benzene rings is 2. The Kier molecular flexibility index (Phi) is 11.5. The van der Waals surface area contributed by atoms with Gasteiger partial charge in [0.25, 0.3) is 0 Å².